The Balaban J connectivity index is 1.39. The molecule has 4 aromatic rings. The number of furan rings is 1. The standard InChI is InChI=1S/C36H36FN3O5/c1-23-10-15-28(45-23)22-39-30-18-26-21-40(33(41)25-8-4-3-5-9-25)36(35(43)44-2,20-24-11-13-27(37)14-12-24)32(26)29(30)19-31(39)34(42)38-16-6-7-17-38/h3-5,8-15,19,26,32H,6-7,16-18,20-22H2,1-2H3/t26-,32+,36+/m0/s1. The number of ether oxygens (including phenoxy) is 1. The van der Waals surface area contributed by atoms with Crippen molar-refractivity contribution in [3.05, 3.63) is 118 Å². The summed E-state index contributed by atoms with van der Waals surface area (Å²) < 4.78 is 27.5. The number of hydrogen-bond donors (Lipinski definition) is 0. The summed E-state index contributed by atoms with van der Waals surface area (Å²) in [5.41, 5.74) is 2.17. The number of carbonyl (C=O) groups excluding carboxylic acids is 3. The first-order valence-corrected chi connectivity index (χ1v) is 15.6. The first-order chi connectivity index (χ1) is 21.8. The number of rotatable bonds is 7. The van der Waals surface area contributed by atoms with Gasteiger partial charge in [-0.25, -0.2) is 9.18 Å². The molecule has 0 N–H and O–H groups in total. The van der Waals surface area contributed by atoms with E-state index in [4.69, 9.17) is 9.15 Å². The zero-order chi connectivity index (χ0) is 31.3. The fraction of sp³-hybridized carbons (Fsp3) is 0.361. The van der Waals surface area contributed by atoms with E-state index >= 15 is 0 Å². The van der Waals surface area contributed by atoms with Crippen LogP contribution in [0.25, 0.3) is 0 Å². The number of esters is 1. The van der Waals surface area contributed by atoms with E-state index in [0.29, 0.717) is 49.4 Å². The van der Waals surface area contributed by atoms with Crippen molar-refractivity contribution in [3.63, 3.8) is 0 Å². The molecule has 9 heteroatoms. The Hall–Kier alpha value is -4.66. The van der Waals surface area contributed by atoms with E-state index in [9.17, 15) is 18.8 Å². The van der Waals surface area contributed by atoms with Gasteiger partial charge in [-0.05, 0) is 85.7 Å². The molecule has 45 heavy (non-hydrogen) atoms. The highest BCUT2D eigenvalue weighted by molar-refractivity contribution is 6.00. The van der Waals surface area contributed by atoms with Crippen LogP contribution in [0, 0.1) is 18.7 Å². The smallest absolute Gasteiger partial charge is 0.332 e. The molecule has 4 heterocycles. The van der Waals surface area contributed by atoms with Gasteiger partial charge in [-0.3, -0.25) is 9.59 Å². The Labute approximate surface area is 261 Å². The lowest BCUT2D eigenvalue weighted by Crippen LogP contribution is -2.58. The minimum absolute atomic E-state index is 0.0425. The molecule has 0 radical (unpaired) electrons. The minimum atomic E-state index is -1.42. The molecule has 2 saturated heterocycles. The SMILES string of the molecule is COC(=O)[C@@]1(Cc2ccc(F)cc2)[C@H]2c3cc(C(=O)N4CCCC4)n(Cc4ccc(C)o4)c3C[C@H]2CN1C(=O)c1ccccc1. The quantitative estimate of drug-likeness (QED) is 0.263. The molecular formula is C36H36FN3O5. The fourth-order valence-electron chi connectivity index (χ4n) is 7.88. The molecule has 1 aliphatic carbocycles. The van der Waals surface area contributed by atoms with Gasteiger partial charge in [0.05, 0.1) is 13.7 Å². The molecule has 2 aliphatic heterocycles. The maximum atomic E-state index is 14.2. The molecule has 3 atom stereocenters. The molecule has 8 nitrogen and oxygen atoms in total. The molecule has 0 spiro atoms. The van der Waals surface area contributed by atoms with Crippen molar-refractivity contribution in [1.29, 1.82) is 0 Å². The van der Waals surface area contributed by atoms with E-state index < -0.39 is 17.4 Å². The van der Waals surface area contributed by atoms with Crippen LogP contribution in [-0.2, 0) is 28.9 Å². The Morgan fingerprint density at radius 1 is 0.978 bits per heavy atom. The first-order valence-electron chi connectivity index (χ1n) is 15.6. The van der Waals surface area contributed by atoms with Gasteiger partial charge in [0.2, 0.25) is 0 Å². The van der Waals surface area contributed by atoms with Gasteiger partial charge in [0, 0.05) is 43.2 Å². The molecule has 0 saturated carbocycles. The lowest BCUT2D eigenvalue weighted by Gasteiger charge is -2.40. The lowest BCUT2D eigenvalue weighted by atomic mass is 9.75. The molecule has 2 aromatic heterocycles. The summed E-state index contributed by atoms with van der Waals surface area (Å²) in [6.07, 6.45) is 2.65. The van der Waals surface area contributed by atoms with Crippen molar-refractivity contribution >= 4 is 17.8 Å². The van der Waals surface area contributed by atoms with Crippen LogP contribution in [0.5, 0.6) is 0 Å². The first kappa shape index (κ1) is 29.1. The van der Waals surface area contributed by atoms with E-state index in [0.717, 1.165) is 35.6 Å². The molecular weight excluding hydrogens is 573 g/mol. The van der Waals surface area contributed by atoms with Crippen LogP contribution in [0.1, 0.15) is 67.9 Å². The number of aromatic nitrogens is 1. The Morgan fingerprint density at radius 2 is 1.71 bits per heavy atom. The summed E-state index contributed by atoms with van der Waals surface area (Å²) in [6.45, 7) is 4.02. The van der Waals surface area contributed by atoms with Crippen molar-refractivity contribution in [2.45, 2.75) is 50.6 Å². The number of halogens is 1. The van der Waals surface area contributed by atoms with Crippen LogP contribution in [0.15, 0.2) is 77.2 Å². The van der Waals surface area contributed by atoms with Crippen LogP contribution in [0.4, 0.5) is 4.39 Å². The third kappa shape index (κ3) is 4.85. The second-order valence-electron chi connectivity index (χ2n) is 12.5. The molecule has 0 bridgehead atoms. The number of aryl methyl sites for hydroxylation is 1. The fourth-order valence-corrected chi connectivity index (χ4v) is 7.88. The second kappa shape index (κ2) is 11.4. The highest BCUT2D eigenvalue weighted by Crippen LogP contribution is 2.55. The summed E-state index contributed by atoms with van der Waals surface area (Å²) in [5, 5.41) is 0. The maximum absolute atomic E-state index is 14.2. The van der Waals surface area contributed by atoms with E-state index in [-0.39, 0.29) is 30.0 Å². The zero-order valence-electron chi connectivity index (χ0n) is 25.5. The largest absolute Gasteiger partial charge is 0.467 e. The molecule has 2 amide bonds. The zero-order valence-corrected chi connectivity index (χ0v) is 25.5. The minimum Gasteiger partial charge on any atom is -0.467 e. The van der Waals surface area contributed by atoms with Gasteiger partial charge in [0.25, 0.3) is 11.8 Å². The highest BCUT2D eigenvalue weighted by atomic mass is 19.1. The topological polar surface area (TPSA) is 85.0 Å². The van der Waals surface area contributed by atoms with Gasteiger partial charge in [-0.2, -0.15) is 0 Å². The van der Waals surface area contributed by atoms with E-state index in [1.807, 2.05) is 36.1 Å². The van der Waals surface area contributed by atoms with Gasteiger partial charge in [-0.15, -0.1) is 0 Å². The van der Waals surface area contributed by atoms with Crippen LogP contribution in [-0.4, -0.2) is 64.4 Å². The number of likely N-dealkylation sites (tertiary alicyclic amines) is 2. The maximum Gasteiger partial charge on any atom is 0.332 e. The summed E-state index contributed by atoms with van der Waals surface area (Å²) in [4.78, 5) is 46.0. The molecule has 232 valence electrons. The number of nitrogens with zero attached hydrogens (tertiary/aromatic N) is 3. The van der Waals surface area contributed by atoms with Gasteiger partial charge in [0.15, 0.2) is 5.54 Å². The number of hydrogen-bond acceptors (Lipinski definition) is 5. The van der Waals surface area contributed by atoms with Gasteiger partial charge in [0.1, 0.15) is 23.0 Å². The second-order valence-corrected chi connectivity index (χ2v) is 12.5. The molecule has 0 unspecified atom stereocenters. The van der Waals surface area contributed by atoms with Gasteiger partial charge in [-0.1, -0.05) is 30.3 Å². The normalized spacial score (nSPS) is 22.0. The Kier molecular flexibility index (Phi) is 7.34. The number of benzene rings is 2. The van der Waals surface area contributed by atoms with Crippen LogP contribution < -0.4 is 0 Å². The Morgan fingerprint density at radius 3 is 2.38 bits per heavy atom. The van der Waals surface area contributed by atoms with E-state index in [2.05, 4.69) is 4.57 Å². The number of amides is 2. The predicted molar refractivity (Wildman–Crippen MR) is 164 cm³/mol. The lowest BCUT2D eigenvalue weighted by molar-refractivity contribution is -0.153. The third-order valence-corrected chi connectivity index (χ3v) is 9.83. The van der Waals surface area contributed by atoms with Crippen LogP contribution >= 0.6 is 0 Å². The number of fused-ring (bicyclic) bond motifs is 3. The number of methoxy groups -OCH3 is 1. The molecule has 2 aromatic carbocycles. The highest BCUT2D eigenvalue weighted by Gasteiger charge is 2.64. The monoisotopic (exact) mass is 609 g/mol. The van der Waals surface area contributed by atoms with E-state index in [1.54, 1.807) is 41.3 Å². The van der Waals surface area contributed by atoms with Gasteiger partial charge < -0.3 is 23.5 Å². The summed E-state index contributed by atoms with van der Waals surface area (Å²) in [6, 6.07) is 20.8. The van der Waals surface area contributed by atoms with E-state index in [1.165, 1.54) is 19.2 Å². The Bertz CT molecular complexity index is 1750. The van der Waals surface area contributed by atoms with Crippen molar-refractivity contribution in [3.8, 4) is 0 Å². The van der Waals surface area contributed by atoms with Crippen LogP contribution in [0.3, 0.4) is 0 Å². The van der Waals surface area contributed by atoms with Crippen molar-refractivity contribution in [2.75, 3.05) is 26.7 Å². The predicted octanol–water partition coefficient (Wildman–Crippen LogP) is 5.38. The molecule has 7 rings (SSSR count). The number of carbonyl (C=O) groups is 3. The average Bonchev–Trinajstić information content (AvgIpc) is 3.88. The third-order valence-electron chi connectivity index (χ3n) is 9.83. The molecule has 2 fully saturated rings. The van der Waals surface area contributed by atoms with Gasteiger partial charge >= 0.3 is 5.97 Å². The van der Waals surface area contributed by atoms with Crippen molar-refractivity contribution < 1.29 is 27.9 Å². The summed E-state index contributed by atoms with van der Waals surface area (Å²) in [7, 11) is 1.34. The van der Waals surface area contributed by atoms with Crippen molar-refractivity contribution in [2.24, 2.45) is 5.92 Å². The summed E-state index contributed by atoms with van der Waals surface area (Å²) >= 11 is 0. The average molecular weight is 610 g/mol. The van der Waals surface area contributed by atoms with Crippen molar-refractivity contribution in [1.82, 2.24) is 14.4 Å². The summed E-state index contributed by atoms with van der Waals surface area (Å²) in [5.74, 6) is -0.228. The molecule has 3 aliphatic rings. The van der Waals surface area contributed by atoms with Crippen LogP contribution in [0.2, 0.25) is 0 Å².